The van der Waals surface area contributed by atoms with Gasteiger partial charge in [-0.1, -0.05) is 44.2 Å². The Morgan fingerprint density at radius 1 is 0.857 bits per heavy atom. The van der Waals surface area contributed by atoms with Gasteiger partial charge < -0.3 is 37.0 Å². The van der Waals surface area contributed by atoms with Crippen LogP contribution in [-0.4, -0.2) is 75.3 Å². The van der Waals surface area contributed by atoms with E-state index in [1.54, 1.807) is 44.2 Å². The van der Waals surface area contributed by atoms with Crippen LogP contribution in [0.4, 0.5) is 0 Å². The van der Waals surface area contributed by atoms with Gasteiger partial charge in [0.1, 0.15) is 12.1 Å². The Labute approximate surface area is 203 Å². The number of nitrogens with one attached hydrogen (secondary N) is 3. The molecule has 12 nitrogen and oxygen atoms in total. The summed E-state index contributed by atoms with van der Waals surface area (Å²) in [6.07, 6.45) is -1.82. The fourth-order valence-electron chi connectivity index (χ4n) is 3.17. The van der Waals surface area contributed by atoms with Crippen LogP contribution in [-0.2, 0) is 30.4 Å². The van der Waals surface area contributed by atoms with Crippen LogP contribution in [0.2, 0.25) is 0 Å². The molecule has 1 rings (SSSR count). The fourth-order valence-corrected chi connectivity index (χ4v) is 3.17. The minimum absolute atomic E-state index is 0.0153. The van der Waals surface area contributed by atoms with Gasteiger partial charge in [-0.25, -0.2) is 4.79 Å². The predicted octanol–water partition coefficient (Wildman–Crippen LogP) is -1.00. The van der Waals surface area contributed by atoms with Gasteiger partial charge in [-0.15, -0.1) is 0 Å². The van der Waals surface area contributed by atoms with Crippen LogP contribution in [0.3, 0.4) is 0 Å². The van der Waals surface area contributed by atoms with E-state index in [9.17, 15) is 34.2 Å². The van der Waals surface area contributed by atoms with E-state index in [1.807, 2.05) is 0 Å². The second-order valence-corrected chi connectivity index (χ2v) is 8.59. The van der Waals surface area contributed by atoms with Crippen molar-refractivity contribution >= 4 is 29.7 Å². The molecule has 5 atom stereocenters. The number of benzene rings is 1. The van der Waals surface area contributed by atoms with Crippen LogP contribution < -0.4 is 21.7 Å². The van der Waals surface area contributed by atoms with E-state index in [-0.39, 0.29) is 19.3 Å². The molecule has 0 saturated carbocycles. The van der Waals surface area contributed by atoms with E-state index in [0.29, 0.717) is 5.56 Å². The molecule has 1 aromatic rings. The van der Waals surface area contributed by atoms with Gasteiger partial charge in [0.15, 0.2) is 6.04 Å². The number of carbonyl (C=O) groups is 5. The van der Waals surface area contributed by atoms with Crippen LogP contribution in [0.15, 0.2) is 30.3 Å². The first-order valence-electron chi connectivity index (χ1n) is 11.2. The van der Waals surface area contributed by atoms with Crippen molar-refractivity contribution in [2.75, 3.05) is 0 Å². The SMILES string of the molecule is CC(C)C(NC(=O)C(N)CCC(=O)O)C(=O)NC(Cc1ccccc1)C(=O)NC(C(=O)O)C(C)O. The number of nitrogens with two attached hydrogens (primary N) is 1. The highest BCUT2D eigenvalue weighted by Gasteiger charge is 2.33. The monoisotopic (exact) mass is 494 g/mol. The molecular weight excluding hydrogens is 460 g/mol. The number of amides is 3. The maximum absolute atomic E-state index is 13.1. The zero-order valence-corrected chi connectivity index (χ0v) is 19.9. The van der Waals surface area contributed by atoms with Crippen LogP contribution in [0.1, 0.15) is 39.2 Å². The van der Waals surface area contributed by atoms with Crippen molar-refractivity contribution in [3.05, 3.63) is 35.9 Å². The smallest absolute Gasteiger partial charge is 0.328 e. The Balaban J connectivity index is 3.05. The van der Waals surface area contributed by atoms with Crippen molar-refractivity contribution in [3.63, 3.8) is 0 Å². The minimum atomic E-state index is -1.59. The number of carboxylic acid groups (broad SMARTS) is 2. The first-order chi connectivity index (χ1) is 16.3. The number of aliphatic carboxylic acids is 2. The predicted molar refractivity (Wildman–Crippen MR) is 125 cm³/mol. The molecule has 0 bridgehead atoms. The first kappa shape index (κ1) is 29.5. The summed E-state index contributed by atoms with van der Waals surface area (Å²) >= 11 is 0. The zero-order chi connectivity index (χ0) is 26.7. The van der Waals surface area contributed by atoms with Gasteiger partial charge in [-0.05, 0) is 24.8 Å². The summed E-state index contributed by atoms with van der Waals surface area (Å²) in [4.78, 5) is 60.5. The Morgan fingerprint density at radius 2 is 1.43 bits per heavy atom. The number of aliphatic hydroxyl groups is 1. The van der Waals surface area contributed by atoms with Crippen molar-refractivity contribution in [2.45, 2.75) is 70.3 Å². The van der Waals surface area contributed by atoms with Crippen molar-refractivity contribution in [1.29, 1.82) is 0 Å². The first-order valence-corrected chi connectivity index (χ1v) is 11.2. The summed E-state index contributed by atoms with van der Waals surface area (Å²) < 4.78 is 0. The summed E-state index contributed by atoms with van der Waals surface area (Å²) in [5, 5.41) is 35.0. The quantitative estimate of drug-likeness (QED) is 0.169. The Hall–Kier alpha value is -3.51. The third-order valence-corrected chi connectivity index (χ3v) is 5.21. The lowest BCUT2D eigenvalue weighted by molar-refractivity contribution is -0.145. The molecule has 194 valence electrons. The summed E-state index contributed by atoms with van der Waals surface area (Å²) in [7, 11) is 0. The van der Waals surface area contributed by atoms with E-state index in [4.69, 9.17) is 10.8 Å². The van der Waals surface area contributed by atoms with Gasteiger partial charge in [-0.2, -0.15) is 0 Å². The molecule has 0 spiro atoms. The lowest BCUT2D eigenvalue weighted by Gasteiger charge is -2.27. The van der Waals surface area contributed by atoms with E-state index in [2.05, 4.69) is 16.0 Å². The third-order valence-electron chi connectivity index (χ3n) is 5.21. The summed E-state index contributed by atoms with van der Waals surface area (Å²) in [5.74, 6) is -5.24. The van der Waals surface area contributed by atoms with Gasteiger partial charge in [0.2, 0.25) is 17.7 Å². The van der Waals surface area contributed by atoms with Gasteiger partial charge in [0, 0.05) is 12.8 Å². The molecule has 0 saturated heterocycles. The lowest BCUT2D eigenvalue weighted by Crippen LogP contribution is -2.59. The Bertz CT molecular complexity index is 891. The Morgan fingerprint density at radius 3 is 1.91 bits per heavy atom. The topological polar surface area (TPSA) is 208 Å². The molecule has 0 aliphatic heterocycles. The maximum Gasteiger partial charge on any atom is 0.328 e. The number of carbonyl (C=O) groups excluding carboxylic acids is 3. The highest BCUT2D eigenvalue weighted by Crippen LogP contribution is 2.08. The normalized spacial score (nSPS) is 15.3. The van der Waals surface area contributed by atoms with Gasteiger partial charge in [-0.3, -0.25) is 19.2 Å². The van der Waals surface area contributed by atoms with E-state index in [1.165, 1.54) is 6.92 Å². The van der Waals surface area contributed by atoms with Crippen molar-refractivity contribution in [1.82, 2.24) is 16.0 Å². The molecule has 3 amide bonds. The van der Waals surface area contributed by atoms with Crippen molar-refractivity contribution in [2.24, 2.45) is 11.7 Å². The lowest BCUT2D eigenvalue weighted by atomic mass is 10.00. The standard InChI is InChI=1S/C23H34N4O8/c1-12(2)18(26-20(31)15(24)9-10-17(29)30)22(33)25-16(11-14-7-5-4-6-8-14)21(32)27-19(13(3)28)23(34)35/h4-8,12-13,15-16,18-19,28H,9-11,24H2,1-3H3,(H,25,33)(H,26,31)(H,27,32)(H,29,30)(H,34,35). The molecule has 8 N–H and O–H groups in total. The number of carboxylic acids is 2. The van der Waals surface area contributed by atoms with Gasteiger partial charge >= 0.3 is 11.9 Å². The molecule has 0 radical (unpaired) electrons. The minimum Gasteiger partial charge on any atom is -0.481 e. The fraction of sp³-hybridized carbons (Fsp3) is 0.522. The average Bonchev–Trinajstić information content (AvgIpc) is 2.78. The third kappa shape index (κ3) is 10.1. The van der Waals surface area contributed by atoms with Crippen LogP contribution in [0.5, 0.6) is 0 Å². The molecule has 0 aliphatic carbocycles. The molecule has 0 aromatic heterocycles. The molecule has 0 aliphatic rings. The second kappa shape index (κ2) is 14.0. The number of hydrogen-bond acceptors (Lipinski definition) is 7. The zero-order valence-electron chi connectivity index (χ0n) is 19.9. The number of hydrogen-bond donors (Lipinski definition) is 7. The molecule has 1 aromatic carbocycles. The summed E-state index contributed by atoms with van der Waals surface area (Å²) in [5.41, 5.74) is 6.41. The molecule has 12 heteroatoms. The van der Waals surface area contributed by atoms with Crippen LogP contribution >= 0.6 is 0 Å². The highest BCUT2D eigenvalue weighted by atomic mass is 16.4. The maximum atomic E-state index is 13.1. The Kier molecular flexibility index (Phi) is 11.8. The average molecular weight is 495 g/mol. The summed E-state index contributed by atoms with van der Waals surface area (Å²) in [6.45, 7) is 4.53. The van der Waals surface area contributed by atoms with Crippen molar-refractivity contribution in [3.8, 4) is 0 Å². The second-order valence-electron chi connectivity index (χ2n) is 8.59. The van der Waals surface area contributed by atoms with E-state index in [0.717, 1.165) is 0 Å². The molecule has 35 heavy (non-hydrogen) atoms. The van der Waals surface area contributed by atoms with Gasteiger partial charge in [0.05, 0.1) is 12.1 Å². The highest BCUT2D eigenvalue weighted by molar-refractivity contribution is 5.94. The molecule has 0 fully saturated rings. The number of aliphatic hydroxyl groups excluding tert-OH is 1. The van der Waals surface area contributed by atoms with Gasteiger partial charge in [0.25, 0.3) is 0 Å². The summed E-state index contributed by atoms with van der Waals surface area (Å²) in [6, 6.07) is 3.62. The van der Waals surface area contributed by atoms with E-state index < -0.39 is 65.8 Å². The largest absolute Gasteiger partial charge is 0.481 e. The van der Waals surface area contributed by atoms with Crippen LogP contribution in [0.25, 0.3) is 0 Å². The van der Waals surface area contributed by atoms with E-state index >= 15 is 0 Å². The van der Waals surface area contributed by atoms with Crippen LogP contribution in [0, 0.1) is 5.92 Å². The van der Waals surface area contributed by atoms with Crippen molar-refractivity contribution < 1.29 is 39.3 Å². The number of rotatable bonds is 14. The molecule has 5 unspecified atom stereocenters. The molecule has 0 heterocycles. The molecular formula is C23H34N4O8.